The Kier molecular flexibility index (Phi) is 6.95. The number of rotatable bonds is 8. The van der Waals surface area contributed by atoms with E-state index >= 15 is 0 Å². The van der Waals surface area contributed by atoms with E-state index < -0.39 is 10.0 Å². The van der Waals surface area contributed by atoms with Crippen molar-refractivity contribution >= 4 is 45.0 Å². The summed E-state index contributed by atoms with van der Waals surface area (Å²) in [5.74, 6) is 1.29. The molecule has 0 amide bonds. The Labute approximate surface area is 177 Å². The first-order valence-corrected chi connectivity index (χ1v) is 11.9. The number of hydrogen-bond donors (Lipinski definition) is 1. The molecule has 2 heterocycles. The van der Waals surface area contributed by atoms with Crippen LogP contribution < -0.4 is 4.72 Å². The Morgan fingerprint density at radius 3 is 2.68 bits per heavy atom. The first-order chi connectivity index (χ1) is 13.3. The molecule has 0 fully saturated rings. The standard InChI is InChI=1S/C17H17Cl2N5O2S2/c1-28(25,26)21-8-3-9-27-17-23-22-16(12-4-2-7-20-11-12)24(17)13-5-6-14(18)15(19)10-13/h2,4-7,10-11,21H,3,8-9H2,1H3. The summed E-state index contributed by atoms with van der Waals surface area (Å²) in [5.41, 5.74) is 1.58. The number of hydrogen-bond acceptors (Lipinski definition) is 6. The van der Waals surface area contributed by atoms with Gasteiger partial charge < -0.3 is 0 Å². The lowest BCUT2D eigenvalue weighted by atomic mass is 10.2. The zero-order valence-electron chi connectivity index (χ0n) is 14.8. The quantitative estimate of drug-likeness (QED) is 0.409. The molecule has 3 aromatic rings. The van der Waals surface area contributed by atoms with E-state index in [1.165, 1.54) is 11.8 Å². The molecular formula is C17H17Cl2N5O2S2. The predicted octanol–water partition coefficient (Wildman–Crippen LogP) is 3.67. The van der Waals surface area contributed by atoms with Crippen molar-refractivity contribution in [2.45, 2.75) is 11.6 Å². The molecule has 1 N–H and O–H groups in total. The summed E-state index contributed by atoms with van der Waals surface area (Å²) >= 11 is 13.7. The number of nitrogens with zero attached hydrogens (tertiary/aromatic N) is 4. The highest BCUT2D eigenvalue weighted by atomic mass is 35.5. The second-order valence-corrected chi connectivity index (χ2v) is 9.56. The fraction of sp³-hybridized carbons (Fsp3) is 0.235. The molecule has 0 aliphatic rings. The van der Waals surface area contributed by atoms with E-state index in [0.29, 0.717) is 39.7 Å². The van der Waals surface area contributed by atoms with Gasteiger partial charge in [-0.1, -0.05) is 35.0 Å². The predicted molar refractivity (Wildman–Crippen MR) is 113 cm³/mol. The highest BCUT2D eigenvalue weighted by molar-refractivity contribution is 7.99. The van der Waals surface area contributed by atoms with E-state index in [-0.39, 0.29) is 0 Å². The van der Waals surface area contributed by atoms with Gasteiger partial charge in [-0.2, -0.15) is 0 Å². The molecule has 0 radical (unpaired) electrons. The smallest absolute Gasteiger partial charge is 0.208 e. The van der Waals surface area contributed by atoms with E-state index in [0.717, 1.165) is 17.5 Å². The maximum absolute atomic E-state index is 11.1. The lowest BCUT2D eigenvalue weighted by molar-refractivity contribution is 0.587. The van der Waals surface area contributed by atoms with Crippen LogP contribution in [0.3, 0.4) is 0 Å². The molecule has 0 spiro atoms. The summed E-state index contributed by atoms with van der Waals surface area (Å²) in [5, 5.41) is 10.2. The first-order valence-electron chi connectivity index (χ1n) is 8.24. The third-order valence-electron chi connectivity index (χ3n) is 3.63. The molecule has 0 atom stereocenters. The van der Waals surface area contributed by atoms with Crippen LogP contribution in [0.5, 0.6) is 0 Å². The summed E-state index contributed by atoms with van der Waals surface area (Å²) in [4.78, 5) is 4.15. The molecule has 28 heavy (non-hydrogen) atoms. The lowest BCUT2D eigenvalue weighted by Gasteiger charge is -2.11. The Bertz CT molecular complexity index is 1060. The van der Waals surface area contributed by atoms with Crippen LogP contribution in [0.4, 0.5) is 0 Å². The van der Waals surface area contributed by atoms with E-state index in [1.807, 2.05) is 22.8 Å². The molecule has 0 unspecified atom stereocenters. The third kappa shape index (κ3) is 5.45. The number of benzene rings is 1. The van der Waals surface area contributed by atoms with Gasteiger partial charge in [-0.3, -0.25) is 9.55 Å². The lowest BCUT2D eigenvalue weighted by Crippen LogP contribution is -2.23. The van der Waals surface area contributed by atoms with Gasteiger partial charge in [0.25, 0.3) is 0 Å². The van der Waals surface area contributed by atoms with E-state index in [9.17, 15) is 8.42 Å². The monoisotopic (exact) mass is 457 g/mol. The fourth-order valence-corrected chi connectivity index (χ4v) is 4.09. The average molecular weight is 458 g/mol. The van der Waals surface area contributed by atoms with Crippen LogP contribution in [0.15, 0.2) is 47.9 Å². The number of sulfonamides is 1. The van der Waals surface area contributed by atoms with Gasteiger partial charge in [0.1, 0.15) is 0 Å². The van der Waals surface area contributed by atoms with Crippen molar-refractivity contribution in [1.29, 1.82) is 0 Å². The number of pyridine rings is 1. The Hall–Kier alpha value is -1.65. The minimum absolute atomic E-state index is 0.363. The molecule has 0 saturated heterocycles. The van der Waals surface area contributed by atoms with Crippen molar-refractivity contribution < 1.29 is 8.42 Å². The van der Waals surface area contributed by atoms with Crippen molar-refractivity contribution in [3.63, 3.8) is 0 Å². The van der Waals surface area contributed by atoms with Gasteiger partial charge >= 0.3 is 0 Å². The van der Waals surface area contributed by atoms with Gasteiger partial charge in [0.2, 0.25) is 10.0 Å². The zero-order valence-corrected chi connectivity index (χ0v) is 18.0. The van der Waals surface area contributed by atoms with Crippen LogP contribution in [0, 0.1) is 0 Å². The zero-order chi connectivity index (χ0) is 20.1. The number of nitrogens with one attached hydrogen (secondary N) is 1. The molecule has 7 nitrogen and oxygen atoms in total. The molecule has 148 valence electrons. The number of aromatic nitrogens is 4. The average Bonchev–Trinajstić information content (AvgIpc) is 3.07. The molecule has 0 aliphatic heterocycles. The maximum atomic E-state index is 11.1. The van der Waals surface area contributed by atoms with Crippen LogP contribution in [-0.4, -0.2) is 46.7 Å². The highest BCUT2D eigenvalue weighted by Crippen LogP contribution is 2.31. The first kappa shape index (κ1) is 21.1. The SMILES string of the molecule is CS(=O)(=O)NCCCSc1nnc(-c2cccnc2)n1-c1ccc(Cl)c(Cl)c1. The van der Waals surface area contributed by atoms with Gasteiger partial charge in [0.15, 0.2) is 11.0 Å². The van der Waals surface area contributed by atoms with Crippen molar-refractivity contribution in [2.24, 2.45) is 0 Å². The number of thioether (sulfide) groups is 1. The summed E-state index contributed by atoms with van der Waals surface area (Å²) in [6, 6.07) is 9.04. The Balaban J connectivity index is 1.88. The minimum Gasteiger partial charge on any atom is -0.270 e. The van der Waals surface area contributed by atoms with Crippen LogP contribution in [0.2, 0.25) is 10.0 Å². The summed E-state index contributed by atoms with van der Waals surface area (Å²) in [6.07, 6.45) is 5.19. The second-order valence-electron chi connectivity index (χ2n) is 5.85. The van der Waals surface area contributed by atoms with Gasteiger partial charge in [-0.15, -0.1) is 10.2 Å². The normalized spacial score (nSPS) is 11.7. The van der Waals surface area contributed by atoms with Gasteiger partial charge in [-0.05, 0) is 36.8 Å². The maximum Gasteiger partial charge on any atom is 0.208 e. The molecule has 2 aromatic heterocycles. The number of halogens is 2. The van der Waals surface area contributed by atoms with Crippen molar-refractivity contribution in [3.8, 4) is 17.1 Å². The molecule has 0 saturated carbocycles. The molecule has 0 bridgehead atoms. The highest BCUT2D eigenvalue weighted by Gasteiger charge is 2.17. The molecular weight excluding hydrogens is 441 g/mol. The van der Waals surface area contributed by atoms with Crippen LogP contribution >= 0.6 is 35.0 Å². The van der Waals surface area contributed by atoms with Crippen molar-refractivity contribution in [1.82, 2.24) is 24.5 Å². The summed E-state index contributed by atoms with van der Waals surface area (Å²) in [7, 11) is -3.19. The second kappa shape index (κ2) is 9.23. The van der Waals surface area contributed by atoms with Gasteiger partial charge in [0.05, 0.1) is 22.0 Å². The van der Waals surface area contributed by atoms with Crippen molar-refractivity contribution in [3.05, 3.63) is 52.8 Å². The van der Waals surface area contributed by atoms with Gasteiger partial charge in [-0.25, -0.2) is 13.1 Å². The molecule has 1 aromatic carbocycles. The Morgan fingerprint density at radius 1 is 1.18 bits per heavy atom. The van der Waals surface area contributed by atoms with Crippen LogP contribution in [0.1, 0.15) is 6.42 Å². The van der Waals surface area contributed by atoms with Crippen molar-refractivity contribution in [2.75, 3.05) is 18.6 Å². The Morgan fingerprint density at radius 2 is 2.00 bits per heavy atom. The summed E-state index contributed by atoms with van der Waals surface area (Å²) < 4.78 is 26.7. The minimum atomic E-state index is -3.19. The molecule has 11 heteroatoms. The fourth-order valence-electron chi connectivity index (χ4n) is 2.40. The van der Waals surface area contributed by atoms with Crippen LogP contribution in [-0.2, 0) is 10.0 Å². The largest absolute Gasteiger partial charge is 0.270 e. The molecule has 3 rings (SSSR count). The van der Waals surface area contributed by atoms with E-state index in [1.54, 1.807) is 24.5 Å². The third-order valence-corrected chi connectivity index (χ3v) is 6.11. The van der Waals surface area contributed by atoms with E-state index in [2.05, 4.69) is 19.9 Å². The van der Waals surface area contributed by atoms with Crippen LogP contribution in [0.25, 0.3) is 17.1 Å². The van der Waals surface area contributed by atoms with Gasteiger partial charge in [0, 0.05) is 30.3 Å². The topological polar surface area (TPSA) is 89.8 Å². The van der Waals surface area contributed by atoms with E-state index in [4.69, 9.17) is 23.2 Å². The summed E-state index contributed by atoms with van der Waals surface area (Å²) in [6.45, 7) is 0.363. The molecule has 0 aliphatic carbocycles.